The SMILES string of the molecule is C[C](C)C(C)(C)C(N)N. The average molecular weight is 129 g/mol. The maximum atomic E-state index is 5.53. The molecule has 0 aromatic heterocycles. The molecule has 4 N–H and O–H groups in total. The quantitative estimate of drug-likeness (QED) is 0.543. The van der Waals surface area contributed by atoms with Gasteiger partial charge in [0.25, 0.3) is 0 Å². The standard InChI is InChI=1S/C7H17N2/c1-5(2)7(3,4)6(8)9/h6H,8-9H2,1-4H3. The molecule has 9 heavy (non-hydrogen) atoms. The first kappa shape index (κ1) is 8.92. The molecule has 0 fully saturated rings. The molecular weight excluding hydrogens is 112 g/mol. The van der Waals surface area contributed by atoms with E-state index in [-0.39, 0.29) is 11.6 Å². The lowest BCUT2D eigenvalue weighted by Crippen LogP contribution is -2.46. The molecule has 0 amide bonds. The molecule has 0 bridgehead atoms. The van der Waals surface area contributed by atoms with Gasteiger partial charge in [0.2, 0.25) is 0 Å². The van der Waals surface area contributed by atoms with Gasteiger partial charge in [0.1, 0.15) is 0 Å². The number of hydrogen-bond donors (Lipinski definition) is 2. The topological polar surface area (TPSA) is 52.0 Å². The third kappa shape index (κ3) is 1.95. The van der Waals surface area contributed by atoms with Crippen LogP contribution in [0.15, 0.2) is 0 Å². The van der Waals surface area contributed by atoms with Crippen molar-refractivity contribution in [3.8, 4) is 0 Å². The van der Waals surface area contributed by atoms with Crippen LogP contribution in [0, 0.1) is 11.3 Å². The zero-order valence-electron chi connectivity index (χ0n) is 6.73. The lowest BCUT2D eigenvalue weighted by atomic mass is 9.79. The Morgan fingerprint density at radius 2 is 1.56 bits per heavy atom. The summed E-state index contributed by atoms with van der Waals surface area (Å²) in [5.41, 5.74) is 11.0. The molecule has 0 spiro atoms. The highest BCUT2D eigenvalue weighted by Crippen LogP contribution is 2.28. The normalized spacial score (nSPS) is 13.3. The molecule has 0 rings (SSSR count). The first-order valence-corrected chi connectivity index (χ1v) is 3.21. The van der Waals surface area contributed by atoms with Crippen molar-refractivity contribution in [2.45, 2.75) is 33.9 Å². The fourth-order valence-electron chi connectivity index (χ4n) is 0.333. The van der Waals surface area contributed by atoms with E-state index in [2.05, 4.69) is 0 Å². The molecular formula is C7H17N2. The smallest absolute Gasteiger partial charge is 0.0578 e. The van der Waals surface area contributed by atoms with Gasteiger partial charge >= 0.3 is 0 Å². The van der Waals surface area contributed by atoms with Crippen molar-refractivity contribution in [2.75, 3.05) is 0 Å². The second-order valence-electron chi connectivity index (χ2n) is 3.25. The van der Waals surface area contributed by atoms with E-state index in [1.54, 1.807) is 0 Å². The second kappa shape index (κ2) is 2.67. The van der Waals surface area contributed by atoms with Crippen molar-refractivity contribution >= 4 is 0 Å². The van der Waals surface area contributed by atoms with Crippen LogP contribution in [0.3, 0.4) is 0 Å². The monoisotopic (exact) mass is 129 g/mol. The molecule has 0 aliphatic carbocycles. The van der Waals surface area contributed by atoms with Crippen LogP contribution in [0.2, 0.25) is 0 Å². The molecule has 0 aliphatic rings. The van der Waals surface area contributed by atoms with E-state index in [1.165, 1.54) is 5.92 Å². The van der Waals surface area contributed by atoms with Gasteiger partial charge in [-0.05, 0) is 11.3 Å². The summed E-state index contributed by atoms with van der Waals surface area (Å²) in [7, 11) is 0. The second-order valence-corrected chi connectivity index (χ2v) is 3.25. The fraction of sp³-hybridized carbons (Fsp3) is 0.857. The lowest BCUT2D eigenvalue weighted by molar-refractivity contribution is 0.311. The van der Waals surface area contributed by atoms with Gasteiger partial charge < -0.3 is 11.5 Å². The Morgan fingerprint density at radius 1 is 1.22 bits per heavy atom. The van der Waals surface area contributed by atoms with Gasteiger partial charge in [-0.1, -0.05) is 27.7 Å². The molecule has 2 nitrogen and oxygen atoms in total. The first-order chi connectivity index (χ1) is 3.89. The van der Waals surface area contributed by atoms with Gasteiger partial charge in [0.05, 0.1) is 6.17 Å². The van der Waals surface area contributed by atoms with Crippen LogP contribution in [0.4, 0.5) is 0 Å². The highest BCUT2D eigenvalue weighted by atomic mass is 14.9. The van der Waals surface area contributed by atoms with Gasteiger partial charge in [-0.2, -0.15) is 0 Å². The first-order valence-electron chi connectivity index (χ1n) is 3.21. The van der Waals surface area contributed by atoms with E-state index in [0.29, 0.717) is 0 Å². The third-order valence-electron chi connectivity index (χ3n) is 2.12. The molecule has 0 unspecified atom stereocenters. The molecule has 0 aromatic carbocycles. The van der Waals surface area contributed by atoms with Crippen LogP contribution in [-0.4, -0.2) is 6.17 Å². The molecule has 2 heteroatoms. The summed E-state index contributed by atoms with van der Waals surface area (Å²) >= 11 is 0. The Hall–Kier alpha value is -0.0800. The Balaban J connectivity index is 4.01. The third-order valence-corrected chi connectivity index (χ3v) is 2.12. The van der Waals surface area contributed by atoms with Crippen LogP contribution < -0.4 is 11.5 Å². The lowest BCUT2D eigenvalue weighted by Gasteiger charge is -2.32. The average Bonchev–Trinajstić information content (AvgIpc) is 1.65. The minimum absolute atomic E-state index is 0.0278. The molecule has 0 saturated carbocycles. The number of nitrogens with two attached hydrogens (primary N) is 2. The van der Waals surface area contributed by atoms with Gasteiger partial charge in [0.15, 0.2) is 0 Å². The van der Waals surface area contributed by atoms with Crippen LogP contribution >= 0.6 is 0 Å². The van der Waals surface area contributed by atoms with Gasteiger partial charge in [0, 0.05) is 0 Å². The summed E-state index contributed by atoms with van der Waals surface area (Å²) in [5.74, 6) is 1.28. The van der Waals surface area contributed by atoms with E-state index < -0.39 is 0 Å². The van der Waals surface area contributed by atoms with Gasteiger partial charge in [-0.15, -0.1) is 0 Å². The van der Waals surface area contributed by atoms with Crippen LogP contribution in [-0.2, 0) is 0 Å². The van der Waals surface area contributed by atoms with Crippen LogP contribution in [0.5, 0.6) is 0 Å². The molecule has 55 valence electrons. The Morgan fingerprint density at radius 3 is 1.56 bits per heavy atom. The summed E-state index contributed by atoms with van der Waals surface area (Å²) in [6, 6.07) is 0. The molecule has 0 heterocycles. The highest BCUT2D eigenvalue weighted by Gasteiger charge is 2.27. The molecule has 0 aromatic rings. The highest BCUT2D eigenvalue weighted by molar-refractivity contribution is 4.98. The summed E-state index contributed by atoms with van der Waals surface area (Å²) in [4.78, 5) is 0. The van der Waals surface area contributed by atoms with E-state index >= 15 is 0 Å². The van der Waals surface area contributed by atoms with E-state index in [4.69, 9.17) is 11.5 Å². The fourth-order valence-corrected chi connectivity index (χ4v) is 0.333. The summed E-state index contributed by atoms with van der Waals surface area (Å²) in [6.45, 7) is 8.19. The largest absolute Gasteiger partial charge is 0.316 e. The van der Waals surface area contributed by atoms with E-state index in [1.807, 2.05) is 27.7 Å². The minimum atomic E-state index is -0.248. The van der Waals surface area contributed by atoms with Crippen molar-refractivity contribution in [2.24, 2.45) is 16.9 Å². The van der Waals surface area contributed by atoms with Crippen molar-refractivity contribution in [3.05, 3.63) is 5.92 Å². The zero-order valence-corrected chi connectivity index (χ0v) is 6.73. The minimum Gasteiger partial charge on any atom is -0.316 e. The molecule has 0 atom stereocenters. The predicted octanol–water partition coefficient (Wildman–Crippen LogP) is 0.870. The maximum Gasteiger partial charge on any atom is 0.0578 e. The number of hydrogen-bond acceptors (Lipinski definition) is 2. The Labute approximate surface area is 57.6 Å². The van der Waals surface area contributed by atoms with Gasteiger partial charge in [-0.25, -0.2) is 0 Å². The maximum absolute atomic E-state index is 5.53. The summed E-state index contributed by atoms with van der Waals surface area (Å²) in [6.07, 6.45) is -0.248. The molecule has 0 aliphatic heterocycles. The Bertz CT molecular complexity index is 74.9. The zero-order chi connectivity index (χ0) is 7.65. The van der Waals surface area contributed by atoms with Crippen molar-refractivity contribution in [1.29, 1.82) is 0 Å². The molecule has 0 saturated heterocycles. The van der Waals surface area contributed by atoms with Crippen LogP contribution in [0.25, 0.3) is 0 Å². The summed E-state index contributed by atoms with van der Waals surface area (Å²) in [5, 5.41) is 0. The van der Waals surface area contributed by atoms with Gasteiger partial charge in [-0.3, -0.25) is 0 Å². The predicted molar refractivity (Wildman–Crippen MR) is 40.5 cm³/mol. The van der Waals surface area contributed by atoms with Crippen molar-refractivity contribution in [1.82, 2.24) is 0 Å². The van der Waals surface area contributed by atoms with Crippen molar-refractivity contribution in [3.63, 3.8) is 0 Å². The number of rotatable bonds is 2. The van der Waals surface area contributed by atoms with E-state index in [0.717, 1.165) is 0 Å². The molecule has 1 radical (unpaired) electrons. The van der Waals surface area contributed by atoms with Crippen molar-refractivity contribution < 1.29 is 0 Å². The van der Waals surface area contributed by atoms with E-state index in [9.17, 15) is 0 Å². The Kier molecular flexibility index (Phi) is 2.65. The van der Waals surface area contributed by atoms with Crippen LogP contribution in [0.1, 0.15) is 27.7 Å². The summed E-state index contributed by atoms with van der Waals surface area (Å²) < 4.78 is 0.